The Hall–Kier alpha value is -2.10. The highest BCUT2D eigenvalue weighted by molar-refractivity contribution is 5.76. The Morgan fingerprint density at radius 3 is 2.65 bits per heavy atom. The van der Waals surface area contributed by atoms with Crippen LogP contribution < -0.4 is 0 Å². The minimum atomic E-state index is 0.150. The molecule has 106 valence electrons. The largest absolute Gasteiger partial charge is 0.449 e. The summed E-state index contributed by atoms with van der Waals surface area (Å²) in [5.41, 5.74) is 1.99. The molecule has 1 aromatic heterocycles. The Morgan fingerprint density at radius 1 is 1.30 bits per heavy atom. The van der Waals surface area contributed by atoms with E-state index in [0.29, 0.717) is 31.8 Å². The molecule has 1 amide bonds. The first-order valence-electron chi connectivity index (χ1n) is 6.91. The van der Waals surface area contributed by atoms with Crippen LogP contribution in [0.1, 0.15) is 30.5 Å². The fourth-order valence-corrected chi connectivity index (χ4v) is 2.10. The molecule has 0 saturated carbocycles. The number of benzene rings is 1. The van der Waals surface area contributed by atoms with Gasteiger partial charge in [-0.2, -0.15) is 0 Å². The number of carbonyl (C=O) groups excluding carboxylic acids is 1. The van der Waals surface area contributed by atoms with Crippen LogP contribution in [0.4, 0.5) is 0 Å². The van der Waals surface area contributed by atoms with Gasteiger partial charge < -0.3 is 9.32 Å². The van der Waals surface area contributed by atoms with E-state index in [1.165, 1.54) is 0 Å². The van der Waals surface area contributed by atoms with E-state index >= 15 is 0 Å². The van der Waals surface area contributed by atoms with E-state index in [4.69, 9.17) is 4.42 Å². The van der Waals surface area contributed by atoms with Gasteiger partial charge in [0.25, 0.3) is 0 Å². The number of aromatic nitrogens is 1. The third kappa shape index (κ3) is 3.95. The van der Waals surface area contributed by atoms with Gasteiger partial charge in [-0.1, -0.05) is 30.3 Å². The monoisotopic (exact) mass is 272 g/mol. The summed E-state index contributed by atoms with van der Waals surface area (Å²) < 4.78 is 5.14. The van der Waals surface area contributed by atoms with Gasteiger partial charge in [-0.25, -0.2) is 4.98 Å². The molecule has 0 aliphatic heterocycles. The summed E-state index contributed by atoms with van der Waals surface area (Å²) in [6.07, 6.45) is 2.71. The summed E-state index contributed by atoms with van der Waals surface area (Å²) in [6.45, 7) is 5.18. The van der Waals surface area contributed by atoms with Crippen molar-refractivity contribution in [2.45, 2.75) is 33.2 Å². The highest BCUT2D eigenvalue weighted by Crippen LogP contribution is 2.09. The van der Waals surface area contributed by atoms with Crippen molar-refractivity contribution in [3.05, 3.63) is 53.7 Å². The molecule has 0 saturated heterocycles. The molecule has 0 unspecified atom stereocenters. The molecule has 2 aromatic rings. The van der Waals surface area contributed by atoms with E-state index < -0.39 is 0 Å². The standard InChI is InChI=1S/C16H20N2O2/c1-3-18(11-14-7-5-4-6-8-14)16(19)10-9-15-12-20-13(2)17-15/h4-8,12H,3,9-11H2,1-2H3. The molecule has 1 aromatic carbocycles. The number of oxazole rings is 1. The first-order valence-corrected chi connectivity index (χ1v) is 6.91. The van der Waals surface area contributed by atoms with Crippen molar-refractivity contribution in [3.8, 4) is 0 Å². The van der Waals surface area contributed by atoms with Crippen LogP contribution in [0.15, 0.2) is 41.0 Å². The molecule has 20 heavy (non-hydrogen) atoms. The summed E-state index contributed by atoms with van der Waals surface area (Å²) in [6, 6.07) is 10.0. The number of carbonyl (C=O) groups is 1. The van der Waals surface area contributed by atoms with Gasteiger partial charge in [-0.3, -0.25) is 4.79 Å². The molecule has 0 aliphatic carbocycles. The highest BCUT2D eigenvalue weighted by atomic mass is 16.3. The predicted octanol–water partition coefficient (Wildman–Crippen LogP) is 2.96. The Morgan fingerprint density at radius 2 is 2.05 bits per heavy atom. The number of hydrogen-bond acceptors (Lipinski definition) is 3. The molecule has 0 aliphatic rings. The quantitative estimate of drug-likeness (QED) is 0.812. The van der Waals surface area contributed by atoms with Crippen LogP contribution in [0.5, 0.6) is 0 Å². The van der Waals surface area contributed by atoms with E-state index in [-0.39, 0.29) is 5.91 Å². The molecule has 0 N–H and O–H groups in total. The van der Waals surface area contributed by atoms with E-state index in [1.807, 2.05) is 42.2 Å². The Bertz CT molecular complexity index is 549. The lowest BCUT2D eigenvalue weighted by molar-refractivity contribution is -0.131. The highest BCUT2D eigenvalue weighted by Gasteiger charge is 2.13. The summed E-state index contributed by atoms with van der Waals surface area (Å²) in [5.74, 6) is 0.793. The van der Waals surface area contributed by atoms with Gasteiger partial charge in [0, 0.05) is 32.9 Å². The van der Waals surface area contributed by atoms with Crippen molar-refractivity contribution in [2.75, 3.05) is 6.54 Å². The SMILES string of the molecule is CCN(Cc1ccccc1)C(=O)CCc1coc(C)n1. The molecule has 0 radical (unpaired) electrons. The van der Waals surface area contributed by atoms with Crippen LogP contribution in [0.3, 0.4) is 0 Å². The molecule has 4 nitrogen and oxygen atoms in total. The Labute approximate surface area is 119 Å². The lowest BCUT2D eigenvalue weighted by atomic mass is 10.2. The first-order chi connectivity index (χ1) is 9.69. The second kappa shape index (κ2) is 6.89. The zero-order valence-corrected chi connectivity index (χ0v) is 12.0. The van der Waals surface area contributed by atoms with Crippen LogP contribution in [0, 0.1) is 6.92 Å². The van der Waals surface area contributed by atoms with Gasteiger partial charge in [-0.05, 0) is 12.5 Å². The van der Waals surface area contributed by atoms with Crippen molar-refractivity contribution in [1.29, 1.82) is 0 Å². The van der Waals surface area contributed by atoms with Gasteiger partial charge in [0.2, 0.25) is 5.91 Å². The normalized spacial score (nSPS) is 10.5. The Balaban J connectivity index is 1.89. The number of amides is 1. The van der Waals surface area contributed by atoms with E-state index in [0.717, 1.165) is 11.3 Å². The third-order valence-corrected chi connectivity index (χ3v) is 3.21. The van der Waals surface area contributed by atoms with Gasteiger partial charge in [0.05, 0.1) is 5.69 Å². The molecular formula is C16H20N2O2. The fraction of sp³-hybridized carbons (Fsp3) is 0.375. The number of nitrogens with zero attached hydrogens (tertiary/aromatic N) is 2. The third-order valence-electron chi connectivity index (χ3n) is 3.21. The summed E-state index contributed by atoms with van der Waals surface area (Å²) in [5, 5.41) is 0. The van der Waals surface area contributed by atoms with Gasteiger partial charge in [0.15, 0.2) is 5.89 Å². The summed E-state index contributed by atoms with van der Waals surface area (Å²) >= 11 is 0. The smallest absolute Gasteiger partial charge is 0.223 e. The molecule has 1 heterocycles. The second-order valence-corrected chi connectivity index (χ2v) is 4.75. The van der Waals surface area contributed by atoms with Crippen molar-refractivity contribution in [2.24, 2.45) is 0 Å². The molecule has 0 spiro atoms. The average Bonchev–Trinajstić information content (AvgIpc) is 2.89. The zero-order valence-electron chi connectivity index (χ0n) is 12.0. The fourth-order valence-electron chi connectivity index (χ4n) is 2.10. The van der Waals surface area contributed by atoms with E-state index in [9.17, 15) is 4.79 Å². The number of rotatable bonds is 6. The van der Waals surface area contributed by atoms with Crippen LogP contribution in [-0.4, -0.2) is 22.3 Å². The molecule has 0 fully saturated rings. The summed E-state index contributed by atoms with van der Waals surface area (Å²) in [4.78, 5) is 18.3. The lowest BCUT2D eigenvalue weighted by Crippen LogP contribution is -2.30. The van der Waals surface area contributed by atoms with Crippen molar-refractivity contribution in [1.82, 2.24) is 9.88 Å². The maximum absolute atomic E-state index is 12.2. The van der Waals surface area contributed by atoms with Crippen molar-refractivity contribution in [3.63, 3.8) is 0 Å². The van der Waals surface area contributed by atoms with Gasteiger partial charge in [0.1, 0.15) is 6.26 Å². The maximum atomic E-state index is 12.2. The lowest BCUT2D eigenvalue weighted by Gasteiger charge is -2.20. The minimum absolute atomic E-state index is 0.150. The second-order valence-electron chi connectivity index (χ2n) is 4.75. The minimum Gasteiger partial charge on any atom is -0.449 e. The zero-order chi connectivity index (χ0) is 14.4. The molecule has 4 heteroatoms. The molecule has 0 atom stereocenters. The van der Waals surface area contributed by atoms with Gasteiger partial charge in [-0.15, -0.1) is 0 Å². The molecule has 2 rings (SSSR count). The topological polar surface area (TPSA) is 46.3 Å². The van der Waals surface area contributed by atoms with Crippen LogP contribution in [0.2, 0.25) is 0 Å². The molecule has 0 bridgehead atoms. The van der Waals surface area contributed by atoms with Crippen molar-refractivity contribution >= 4 is 5.91 Å². The average molecular weight is 272 g/mol. The van der Waals surface area contributed by atoms with Crippen LogP contribution in [-0.2, 0) is 17.8 Å². The maximum Gasteiger partial charge on any atom is 0.223 e. The first kappa shape index (κ1) is 14.3. The van der Waals surface area contributed by atoms with E-state index in [2.05, 4.69) is 4.98 Å². The number of hydrogen-bond donors (Lipinski definition) is 0. The number of aryl methyl sites for hydroxylation is 2. The van der Waals surface area contributed by atoms with Gasteiger partial charge >= 0.3 is 0 Å². The van der Waals surface area contributed by atoms with Crippen molar-refractivity contribution < 1.29 is 9.21 Å². The summed E-state index contributed by atoms with van der Waals surface area (Å²) in [7, 11) is 0. The predicted molar refractivity (Wildman–Crippen MR) is 77.1 cm³/mol. The van der Waals surface area contributed by atoms with Crippen LogP contribution in [0.25, 0.3) is 0 Å². The Kier molecular flexibility index (Phi) is 4.93. The van der Waals surface area contributed by atoms with Crippen LogP contribution >= 0.6 is 0 Å². The molecular weight excluding hydrogens is 252 g/mol. The van der Waals surface area contributed by atoms with E-state index in [1.54, 1.807) is 13.2 Å².